The molecule has 1 atom stereocenters. The van der Waals surface area contributed by atoms with E-state index in [1.165, 1.54) is 13.0 Å². The van der Waals surface area contributed by atoms with E-state index in [2.05, 4.69) is 15.9 Å². The van der Waals surface area contributed by atoms with Crippen molar-refractivity contribution in [2.75, 3.05) is 0 Å². The van der Waals surface area contributed by atoms with Gasteiger partial charge < -0.3 is 0 Å². The minimum absolute atomic E-state index is 0.0230. The molecule has 0 heterocycles. The first kappa shape index (κ1) is 15.7. The normalized spacial score (nSPS) is 12.6. The number of aryl methyl sites for hydroxylation is 1. The van der Waals surface area contributed by atoms with E-state index in [9.17, 15) is 13.2 Å². The zero-order valence-electron chi connectivity index (χ0n) is 10.2. The third kappa shape index (κ3) is 2.97. The van der Waals surface area contributed by atoms with Crippen LogP contribution < -0.4 is 0 Å². The summed E-state index contributed by atoms with van der Waals surface area (Å²) < 4.78 is 41.4. The summed E-state index contributed by atoms with van der Waals surface area (Å²) in [6.45, 7) is 1.52. The summed E-state index contributed by atoms with van der Waals surface area (Å²) in [5.41, 5.74) is 0.239. The molecule has 0 N–H and O–H groups in total. The van der Waals surface area contributed by atoms with Gasteiger partial charge in [-0.25, -0.2) is 13.2 Å². The zero-order valence-corrected chi connectivity index (χ0v) is 13.3. The van der Waals surface area contributed by atoms with Crippen LogP contribution in [0.4, 0.5) is 13.2 Å². The molecule has 6 heteroatoms. The van der Waals surface area contributed by atoms with Gasteiger partial charge in [-0.1, -0.05) is 27.5 Å². The Bertz CT molecular complexity index is 651. The Balaban J connectivity index is 2.57. The molecule has 0 aliphatic carbocycles. The fraction of sp³-hybridized carbons (Fsp3) is 0.143. The Morgan fingerprint density at radius 3 is 2.10 bits per heavy atom. The molecule has 20 heavy (non-hydrogen) atoms. The van der Waals surface area contributed by atoms with Gasteiger partial charge in [0.25, 0.3) is 0 Å². The van der Waals surface area contributed by atoms with Crippen LogP contribution in [-0.2, 0) is 0 Å². The van der Waals surface area contributed by atoms with Crippen molar-refractivity contribution in [1.82, 2.24) is 0 Å². The molecule has 0 aliphatic rings. The van der Waals surface area contributed by atoms with Gasteiger partial charge in [-0.15, -0.1) is 11.6 Å². The standard InChI is InChI=1S/C14H8BrCl2F3/c1-6-2-8(9(16)5-10(6)18)14(17)13-11(19)3-7(15)4-12(13)20/h2-5,14H,1H3. The van der Waals surface area contributed by atoms with Crippen molar-refractivity contribution in [3.8, 4) is 0 Å². The topological polar surface area (TPSA) is 0 Å². The van der Waals surface area contributed by atoms with Gasteiger partial charge in [0, 0.05) is 15.1 Å². The molecule has 0 spiro atoms. The van der Waals surface area contributed by atoms with Crippen LogP contribution in [0.3, 0.4) is 0 Å². The van der Waals surface area contributed by atoms with Crippen LogP contribution >= 0.6 is 39.1 Å². The zero-order chi connectivity index (χ0) is 15.0. The summed E-state index contributed by atoms with van der Waals surface area (Å²) in [7, 11) is 0. The fourth-order valence-electron chi connectivity index (χ4n) is 1.82. The molecule has 0 bridgehead atoms. The summed E-state index contributed by atoms with van der Waals surface area (Å²) >= 11 is 15.0. The fourth-order valence-corrected chi connectivity index (χ4v) is 2.93. The van der Waals surface area contributed by atoms with Gasteiger partial charge in [0.2, 0.25) is 0 Å². The molecule has 0 nitrogen and oxygen atoms in total. The van der Waals surface area contributed by atoms with Crippen molar-refractivity contribution in [3.63, 3.8) is 0 Å². The molecule has 106 valence electrons. The summed E-state index contributed by atoms with van der Waals surface area (Å²) in [4.78, 5) is 0. The first-order valence-corrected chi connectivity index (χ1v) is 7.16. The third-order valence-electron chi connectivity index (χ3n) is 2.85. The Kier molecular flexibility index (Phi) is 4.67. The van der Waals surface area contributed by atoms with Crippen LogP contribution in [0.5, 0.6) is 0 Å². The Morgan fingerprint density at radius 2 is 1.55 bits per heavy atom. The molecule has 0 aromatic heterocycles. The predicted octanol–water partition coefficient (Wildman–Crippen LogP) is 6.16. The minimum atomic E-state index is -1.14. The maximum absolute atomic E-state index is 13.9. The smallest absolute Gasteiger partial charge is 0.132 e. The highest BCUT2D eigenvalue weighted by Gasteiger charge is 2.23. The van der Waals surface area contributed by atoms with Gasteiger partial charge in [-0.2, -0.15) is 0 Å². The number of benzene rings is 2. The van der Waals surface area contributed by atoms with Crippen LogP contribution in [0, 0.1) is 24.4 Å². The molecule has 0 aliphatic heterocycles. The van der Waals surface area contributed by atoms with E-state index in [1.807, 2.05) is 0 Å². The van der Waals surface area contributed by atoms with Crippen LogP contribution in [0.15, 0.2) is 28.7 Å². The van der Waals surface area contributed by atoms with E-state index >= 15 is 0 Å². The van der Waals surface area contributed by atoms with Gasteiger partial charge in [0.05, 0.1) is 5.38 Å². The van der Waals surface area contributed by atoms with E-state index in [0.29, 0.717) is 5.56 Å². The highest BCUT2D eigenvalue weighted by Crippen LogP contribution is 2.38. The lowest BCUT2D eigenvalue weighted by Gasteiger charge is -2.15. The molecule has 1 unspecified atom stereocenters. The molecular weight excluding hydrogens is 376 g/mol. The first-order chi connectivity index (χ1) is 9.31. The molecule has 0 radical (unpaired) electrons. The van der Waals surface area contributed by atoms with Crippen molar-refractivity contribution in [2.24, 2.45) is 0 Å². The molecule has 0 saturated carbocycles. The molecule has 2 aromatic rings. The maximum Gasteiger partial charge on any atom is 0.132 e. The van der Waals surface area contributed by atoms with E-state index in [0.717, 1.165) is 18.2 Å². The molecule has 2 aromatic carbocycles. The largest absolute Gasteiger partial charge is 0.207 e. The monoisotopic (exact) mass is 382 g/mol. The maximum atomic E-state index is 13.9. The average Bonchev–Trinajstić information content (AvgIpc) is 2.32. The highest BCUT2D eigenvalue weighted by atomic mass is 79.9. The van der Waals surface area contributed by atoms with Crippen LogP contribution in [0.1, 0.15) is 22.1 Å². The van der Waals surface area contributed by atoms with Crippen molar-refractivity contribution in [2.45, 2.75) is 12.3 Å². The number of hydrogen-bond donors (Lipinski definition) is 0. The van der Waals surface area contributed by atoms with Crippen molar-refractivity contribution >= 4 is 39.1 Å². The van der Waals surface area contributed by atoms with Gasteiger partial charge in [-0.3, -0.25) is 0 Å². The number of hydrogen-bond acceptors (Lipinski definition) is 0. The molecule has 0 saturated heterocycles. The van der Waals surface area contributed by atoms with Gasteiger partial charge in [0.15, 0.2) is 0 Å². The predicted molar refractivity (Wildman–Crippen MR) is 77.9 cm³/mol. The van der Waals surface area contributed by atoms with E-state index in [1.54, 1.807) is 0 Å². The number of rotatable bonds is 2. The van der Waals surface area contributed by atoms with E-state index in [-0.39, 0.29) is 20.6 Å². The first-order valence-electron chi connectivity index (χ1n) is 5.55. The van der Waals surface area contributed by atoms with E-state index < -0.39 is 22.8 Å². The summed E-state index contributed by atoms with van der Waals surface area (Å²) in [6.07, 6.45) is 0. The Hall–Kier alpha value is -0.710. The second-order valence-electron chi connectivity index (χ2n) is 4.27. The molecular formula is C14H8BrCl2F3. The second-order valence-corrected chi connectivity index (χ2v) is 6.03. The molecule has 0 fully saturated rings. The second kappa shape index (κ2) is 5.96. The molecule has 0 amide bonds. The summed E-state index contributed by atoms with van der Waals surface area (Å²) in [5, 5.41) is -1.12. The summed E-state index contributed by atoms with van der Waals surface area (Å²) in [6, 6.07) is 4.68. The van der Waals surface area contributed by atoms with Crippen LogP contribution in [0.2, 0.25) is 5.02 Å². The minimum Gasteiger partial charge on any atom is -0.207 e. The van der Waals surface area contributed by atoms with Crippen molar-refractivity contribution in [1.29, 1.82) is 0 Å². The van der Waals surface area contributed by atoms with Gasteiger partial charge in [-0.05, 0) is 42.3 Å². The Morgan fingerprint density at radius 1 is 1.00 bits per heavy atom. The van der Waals surface area contributed by atoms with Crippen LogP contribution in [0.25, 0.3) is 0 Å². The van der Waals surface area contributed by atoms with Crippen molar-refractivity contribution < 1.29 is 13.2 Å². The average molecular weight is 384 g/mol. The van der Waals surface area contributed by atoms with Gasteiger partial charge in [0.1, 0.15) is 17.5 Å². The number of halogens is 6. The lowest BCUT2D eigenvalue weighted by atomic mass is 10.0. The SMILES string of the molecule is Cc1cc(C(Cl)c2c(F)cc(Br)cc2F)c(Cl)cc1F. The Labute approximate surface area is 132 Å². The summed E-state index contributed by atoms with van der Waals surface area (Å²) in [5.74, 6) is -2.09. The van der Waals surface area contributed by atoms with Crippen molar-refractivity contribution in [3.05, 3.63) is 67.9 Å². The number of alkyl halides is 1. The van der Waals surface area contributed by atoms with E-state index in [4.69, 9.17) is 23.2 Å². The highest BCUT2D eigenvalue weighted by molar-refractivity contribution is 9.10. The molecule has 2 rings (SSSR count). The van der Waals surface area contributed by atoms with Gasteiger partial charge >= 0.3 is 0 Å². The lowest BCUT2D eigenvalue weighted by Crippen LogP contribution is -2.03. The lowest BCUT2D eigenvalue weighted by molar-refractivity contribution is 0.557. The quantitative estimate of drug-likeness (QED) is 0.545. The third-order valence-corrected chi connectivity index (χ3v) is 4.09. The van der Waals surface area contributed by atoms with Crippen LogP contribution in [-0.4, -0.2) is 0 Å².